The van der Waals surface area contributed by atoms with Gasteiger partial charge < -0.3 is 9.47 Å². The molecule has 0 unspecified atom stereocenters. The molecule has 0 aliphatic carbocycles. The Balaban J connectivity index is 1.63. The van der Waals surface area contributed by atoms with E-state index in [4.69, 9.17) is 0 Å². The van der Waals surface area contributed by atoms with E-state index in [1.54, 1.807) is 6.92 Å². The zero-order valence-corrected chi connectivity index (χ0v) is 10.5. The van der Waals surface area contributed by atoms with E-state index in [2.05, 4.69) is 14.5 Å². The highest BCUT2D eigenvalue weighted by Gasteiger charge is 2.21. The van der Waals surface area contributed by atoms with Gasteiger partial charge in [0.05, 0.1) is 6.33 Å². The van der Waals surface area contributed by atoms with Gasteiger partial charge in [0.2, 0.25) is 0 Å². The van der Waals surface area contributed by atoms with Crippen LogP contribution in [0.1, 0.15) is 26.2 Å². The number of likely N-dealkylation sites (tertiary alicyclic amines) is 1. The predicted octanol–water partition coefficient (Wildman–Crippen LogP) is 1.57. The van der Waals surface area contributed by atoms with Gasteiger partial charge in [0.1, 0.15) is 5.78 Å². The highest BCUT2D eigenvalue weighted by Crippen LogP contribution is 2.17. The van der Waals surface area contributed by atoms with Gasteiger partial charge in [-0.3, -0.25) is 4.79 Å². The molecule has 0 amide bonds. The maximum Gasteiger partial charge on any atom is 0.133 e. The van der Waals surface area contributed by atoms with Gasteiger partial charge in [0.15, 0.2) is 0 Å². The molecular weight excluding hydrogens is 214 g/mol. The Morgan fingerprint density at radius 2 is 2.12 bits per heavy atom. The average molecular weight is 235 g/mol. The van der Waals surface area contributed by atoms with Crippen LogP contribution in [0.25, 0.3) is 0 Å². The highest BCUT2D eigenvalue weighted by molar-refractivity contribution is 5.78. The first-order valence-corrected chi connectivity index (χ1v) is 6.44. The molecular formula is C13H21N3O. The second-order valence-corrected chi connectivity index (χ2v) is 4.88. The minimum Gasteiger partial charge on any atom is -0.337 e. The van der Waals surface area contributed by atoms with Crippen molar-refractivity contribution in [2.45, 2.75) is 32.7 Å². The number of Topliss-reactive ketones (excluding diaryl/α,β-unsaturated/α-hetero) is 1. The summed E-state index contributed by atoms with van der Waals surface area (Å²) in [6.45, 7) is 6.04. The predicted molar refractivity (Wildman–Crippen MR) is 66.7 cm³/mol. The number of hydrogen-bond donors (Lipinski definition) is 0. The fraction of sp³-hybridized carbons (Fsp3) is 0.692. The van der Waals surface area contributed by atoms with Gasteiger partial charge in [-0.1, -0.05) is 0 Å². The molecule has 0 spiro atoms. The van der Waals surface area contributed by atoms with Crippen LogP contribution < -0.4 is 0 Å². The van der Waals surface area contributed by atoms with Crippen molar-refractivity contribution in [1.29, 1.82) is 0 Å². The van der Waals surface area contributed by atoms with Crippen molar-refractivity contribution in [3.05, 3.63) is 18.7 Å². The van der Waals surface area contributed by atoms with E-state index < -0.39 is 0 Å². The van der Waals surface area contributed by atoms with Crippen molar-refractivity contribution >= 4 is 5.78 Å². The number of rotatable bonds is 5. The lowest BCUT2D eigenvalue weighted by molar-refractivity contribution is -0.122. The van der Waals surface area contributed by atoms with Crippen LogP contribution in [0.2, 0.25) is 0 Å². The normalized spacial score (nSPS) is 18.4. The molecule has 0 saturated carbocycles. The van der Waals surface area contributed by atoms with Crippen LogP contribution in [-0.4, -0.2) is 39.9 Å². The lowest BCUT2D eigenvalue weighted by Crippen LogP contribution is -2.36. The number of nitrogens with zero attached hydrogens (tertiary/aromatic N) is 3. The second kappa shape index (κ2) is 5.96. The van der Waals surface area contributed by atoms with Crippen molar-refractivity contribution < 1.29 is 4.79 Å². The summed E-state index contributed by atoms with van der Waals surface area (Å²) in [6.07, 6.45) is 8.92. The Morgan fingerprint density at radius 3 is 2.71 bits per heavy atom. The van der Waals surface area contributed by atoms with Crippen LogP contribution in [0, 0.1) is 5.92 Å². The van der Waals surface area contributed by atoms with Gasteiger partial charge in [0, 0.05) is 24.9 Å². The van der Waals surface area contributed by atoms with Gasteiger partial charge >= 0.3 is 0 Å². The first-order chi connectivity index (χ1) is 8.25. The van der Waals surface area contributed by atoms with Crippen LogP contribution in [-0.2, 0) is 11.3 Å². The fourth-order valence-electron chi connectivity index (χ4n) is 2.46. The van der Waals surface area contributed by atoms with Crippen LogP contribution in [0.5, 0.6) is 0 Å². The van der Waals surface area contributed by atoms with Gasteiger partial charge in [-0.15, -0.1) is 0 Å². The molecule has 1 saturated heterocycles. The summed E-state index contributed by atoms with van der Waals surface area (Å²) in [5.74, 6) is 0.683. The van der Waals surface area contributed by atoms with Gasteiger partial charge in [-0.25, -0.2) is 4.98 Å². The van der Waals surface area contributed by atoms with Crippen molar-refractivity contribution in [2.75, 3.05) is 19.6 Å². The lowest BCUT2D eigenvalue weighted by atomic mass is 9.93. The van der Waals surface area contributed by atoms with Crippen molar-refractivity contribution in [2.24, 2.45) is 5.92 Å². The van der Waals surface area contributed by atoms with Gasteiger partial charge in [-0.2, -0.15) is 0 Å². The molecule has 1 aliphatic rings. The van der Waals surface area contributed by atoms with Crippen molar-refractivity contribution in [3.63, 3.8) is 0 Å². The quantitative estimate of drug-likeness (QED) is 0.777. The van der Waals surface area contributed by atoms with Gasteiger partial charge in [-0.05, 0) is 45.8 Å². The largest absolute Gasteiger partial charge is 0.337 e. The highest BCUT2D eigenvalue weighted by atomic mass is 16.1. The maximum atomic E-state index is 11.2. The number of carbonyl (C=O) groups is 1. The van der Waals surface area contributed by atoms with Crippen LogP contribution in [0.3, 0.4) is 0 Å². The zero-order chi connectivity index (χ0) is 12.1. The number of piperidine rings is 1. The molecule has 1 aromatic heterocycles. The third-order valence-corrected chi connectivity index (χ3v) is 3.61. The summed E-state index contributed by atoms with van der Waals surface area (Å²) in [4.78, 5) is 17.7. The summed E-state index contributed by atoms with van der Waals surface area (Å²) in [7, 11) is 0. The third kappa shape index (κ3) is 3.66. The van der Waals surface area contributed by atoms with E-state index in [1.807, 2.05) is 18.7 Å². The average Bonchev–Trinajstić information content (AvgIpc) is 2.83. The number of aromatic nitrogens is 2. The SMILES string of the molecule is CC(=O)C1CCN(CCCn2ccnc2)CC1. The summed E-state index contributed by atoms with van der Waals surface area (Å²) in [5, 5.41) is 0. The molecule has 0 N–H and O–H groups in total. The molecule has 0 aromatic carbocycles. The molecule has 2 heterocycles. The van der Waals surface area contributed by atoms with E-state index in [1.165, 1.54) is 0 Å². The minimum absolute atomic E-state index is 0.319. The van der Waals surface area contributed by atoms with Crippen molar-refractivity contribution in [1.82, 2.24) is 14.5 Å². The fourth-order valence-corrected chi connectivity index (χ4v) is 2.46. The zero-order valence-electron chi connectivity index (χ0n) is 10.5. The van der Waals surface area contributed by atoms with Gasteiger partial charge in [0.25, 0.3) is 0 Å². The Hall–Kier alpha value is -1.16. The summed E-state index contributed by atoms with van der Waals surface area (Å²) in [6, 6.07) is 0. The van der Waals surface area contributed by atoms with Crippen molar-refractivity contribution in [3.8, 4) is 0 Å². The van der Waals surface area contributed by atoms with E-state index in [-0.39, 0.29) is 0 Å². The molecule has 17 heavy (non-hydrogen) atoms. The maximum absolute atomic E-state index is 11.2. The number of carbonyl (C=O) groups excluding carboxylic acids is 1. The molecule has 94 valence electrons. The van der Waals surface area contributed by atoms with E-state index >= 15 is 0 Å². The summed E-state index contributed by atoms with van der Waals surface area (Å²) >= 11 is 0. The summed E-state index contributed by atoms with van der Waals surface area (Å²) in [5.41, 5.74) is 0. The van der Waals surface area contributed by atoms with E-state index in [0.29, 0.717) is 11.7 Å². The Bertz CT molecular complexity index is 340. The number of ketones is 1. The molecule has 0 bridgehead atoms. The van der Waals surface area contributed by atoms with Crippen LogP contribution >= 0.6 is 0 Å². The topological polar surface area (TPSA) is 38.1 Å². The minimum atomic E-state index is 0.319. The molecule has 2 rings (SSSR count). The Morgan fingerprint density at radius 1 is 1.35 bits per heavy atom. The van der Waals surface area contributed by atoms with E-state index in [0.717, 1.165) is 45.4 Å². The molecule has 1 fully saturated rings. The Labute approximate surface area is 103 Å². The smallest absolute Gasteiger partial charge is 0.133 e. The number of imidazole rings is 1. The second-order valence-electron chi connectivity index (χ2n) is 4.88. The number of hydrogen-bond acceptors (Lipinski definition) is 3. The third-order valence-electron chi connectivity index (χ3n) is 3.61. The standard InChI is InChI=1S/C13H21N3O/c1-12(17)13-3-8-15(9-4-13)6-2-7-16-10-5-14-11-16/h5,10-11,13H,2-4,6-9H2,1H3. The Kier molecular flexibility index (Phi) is 4.31. The first kappa shape index (κ1) is 12.3. The molecule has 1 aliphatic heterocycles. The van der Waals surface area contributed by atoms with E-state index in [9.17, 15) is 4.79 Å². The lowest BCUT2D eigenvalue weighted by Gasteiger charge is -2.30. The van der Waals surface area contributed by atoms with Crippen LogP contribution in [0.4, 0.5) is 0 Å². The molecule has 1 aromatic rings. The molecule has 4 heteroatoms. The van der Waals surface area contributed by atoms with Crippen LogP contribution in [0.15, 0.2) is 18.7 Å². The molecule has 0 radical (unpaired) electrons. The monoisotopic (exact) mass is 235 g/mol. The first-order valence-electron chi connectivity index (χ1n) is 6.44. The molecule has 0 atom stereocenters. The molecule has 4 nitrogen and oxygen atoms in total. The number of aryl methyl sites for hydroxylation is 1. The summed E-state index contributed by atoms with van der Waals surface area (Å²) < 4.78 is 2.11.